The first kappa shape index (κ1) is 16.5. The Morgan fingerprint density at radius 1 is 1.35 bits per heavy atom. The number of thiocarbonyl (C=S) groups is 1. The number of carbonyl (C=O) groups excluding carboxylic acids is 1. The van der Waals surface area contributed by atoms with Crippen LogP contribution in [0.4, 0.5) is 13.2 Å². The second kappa shape index (κ2) is 5.94. The van der Waals surface area contributed by atoms with Crippen LogP contribution in [0, 0.1) is 5.92 Å². The maximum absolute atomic E-state index is 13.0. The lowest BCUT2D eigenvalue weighted by molar-refractivity contribution is -0.137. The van der Waals surface area contributed by atoms with Gasteiger partial charge in [-0.3, -0.25) is 4.79 Å². The third-order valence-electron chi connectivity index (χ3n) is 4.22. The maximum Gasteiger partial charge on any atom is 0.417 e. The third kappa shape index (κ3) is 3.30. The molecule has 124 valence electrons. The molecule has 0 spiro atoms. The fourth-order valence-corrected chi connectivity index (χ4v) is 3.35. The van der Waals surface area contributed by atoms with Crippen LogP contribution < -0.4 is 5.32 Å². The molecule has 1 saturated heterocycles. The standard InChI is InChI=1S/C15H14ClF3N2OS/c16-12-9(2-1-3-10(12)15(17,18)19)7-21-11(8-4-5-8)6-20-13(23)14(21)22/h1-3,8,11H,4-7H2,(H,20,23). The highest BCUT2D eigenvalue weighted by Crippen LogP contribution is 2.39. The van der Waals surface area contributed by atoms with Gasteiger partial charge in [-0.15, -0.1) is 0 Å². The number of nitrogens with one attached hydrogen (secondary N) is 1. The van der Waals surface area contributed by atoms with Gasteiger partial charge in [0.15, 0.2) is 4.99 Å². The average Bonchev–Trinajstić information content (AvgIpc) is 3.29. The van der Waals surface area contributed by atoms with Crippen molar-refractivity contribution in [2.45, 2.75) is 31.6 Å². The number of nitrogens with zero attached hydrogens (tertiary/aromatic N) is 1. The van der Waals surface area contributed by atoms with Crippen LogP contribution >= 0.6 is 23.8 Å². The smallest absolute Gasteiger partial charge is 0.370 e. The summed E-state index contributed by atoms with van der Waals surface area (Å²) in [4.78, 5) is 14.0. The van der Waals surface area contributed by atoms with E-state index in [4.69, 9.17) is 23.8 Å². The lowest BCUT2D eigenvalue weighted by atomic mass is 10.0. The van der Waals surface area contributed by atoms with Crippen LogP contribution in [0.15, 0.2) is 18.2 Å². The molecule has 0 radical (unpaired) electrons. The van der Waals surface area contributed by atoms with E-state index >= 15 is 0 Å². The number of alkyl halides is 3. The molecular formula is C15H14ClF3N2OS. The van der Waals surface area contributed by atoms with Crippen molar-refractivity contribution in [3.63, 3.8) is 0 Å². The highest BCUT2D eigenvalue weighted by atomic mass is 35.5. The van der Waals surface area contributed by atoms with Gasteiger partial charge < -0.3 is 10.2 Å². The van der Waals surface area contributed by atoms with Gasteiger partial charge in [0.25, 0.3) is 5.91 Å². The van der Waals surface area contributed by atoms with Gasteiger partial charge >= 0.3 is 6.18 Å². The molecule has 1 aromatic rings. The summed E-state index contributed by atoms with van der Waals surface area (Å²) < 4.78 is 38.9. The van der Waals surface area contributed by atoms with Crippen LogP contribution in [0.3, 0.4) is 0 Å². The Kier molecular flexibility index (Phi) is 4.27. The van der Waals surface area contributed by atoms with Gasteiger partial charge in [0.05, 0.1) is 16.6 Å². The van der Waals surface area contributed by atoms with Crippen molar-refractivity contribution >= 4 is 34.7 Å². The third-order valence-corrected chi connectivity index (χ3v) is 4.98. The first-order valence-corrected chi connectivity index (χ1v) is 8.01. The number of carbonyl (C=O) groups is 1. The summed E-state index contributed by atoms with van der Waals surface area (Å²) in [6.07, 6.45) is -2.50. The largest absolute Gasteiger partial charge is 0.417 e. The molecule has 1 unspecified atom stereocenters. The normalized spacial score (nSPS) is 22.3. The number of amides is 1. The molecule has 3 rings (SSSR count). The Balaban J connectivity index is 1.90. The number of hydrogen-bond acceptors (Lipinski definition) is 2. The lowest BCUT2D eigenvalue weighted by Crippen LogP contribution is -2.57. The molecule has 3 nitrogen and oxygen atoms in total. The monoisotopic (exact) mass is 362 g/mol. The summed E-state index contributed by atoms with van der Waals surface area (Å²) in [6.45, 7) is 0.566. The van der Waals surface area contributed by atoms with Crippen molar-refractivity contribution in [2.75, 3.05) is 6.54 Å². The highest BCUT2D eigenvalue weighted by Gasteiger charge is 2.42. The Bertz CT molecular complexity index is 661. The molecule has 1 saturated carbocycles. The number of halogens is 4. The zero-order valence-corrected chi connectivity index (χ0v) is 13.6. The van der Waals surface area contributed by atoms with Gasteiger partial charge in [0.2, 0.25) is 0 Å². The quantitative estimate of drug-likeness (QED) is 0.836. The molecule has 1 aromatic carbocycles. The van der Waals surface area contributed by atoms with Crippen molar-refractivity contribution in [2.24, 2.45) is 5.92 Å². The van der Waals surface area contributed by atoms with Crippen molar-refractivity contribution in [3.05, 3.63) is 34.3 Å². The molecular weight excluding hydrogens is 349 g/mol. The molecule has 1 atom stereocenters. The maximum atomic E-state index is 13.0. The summed E-state index contributed by atoms with van der Waals surface area (Å²) in [6, 6.07) is 3.70. The van der Waals surface area contributed by atoms with E-state index < -0.39 is 11.7 Å². The van der Waals surface area contributed by atoms with Gasteiger partial charge in [-0.25, -0.2) is 0 Å². The molecule has 0 bridgehead atoms. The molecule has 1 aliphatic heterocycles. The van der Waals surface area contributed by atoms with E-state index in [2.05, 4.69) is 5.32 Å². The second-order valence-corrected chi connectivity index (χ2v) is 6.61. The zero-order valence-electron chi connectivity index (χ0n) is 12.0. The summed E-state index contributed by atoms with van der Waals surface area (Å²) in [5.41, 5.74) is -0.602. The van der Waals surface area contributed by atoms with E-state index in [1.165, 1.54) is 12.1 Å². The van der Waals surface area contributed by atoms with Crippen LogP contribution in [0.1, 0.15) is 24.0 Å². The van der Waals surface area contributed by atoms with Gasteiger partial charge in [0, 0.05) is 13.1 Å². The topological polar surface area (TPSA) is 32.3 Å². The molecule has 23 heavy (non-hydrogen) atoms. The van der Waals surface area contributed by atoms with Gasteiger partial charge in [0.1, 0.15) is 0 Å². The van der Waals surface area contributed by atoms with E-state index in [1.54, 1.807) is 4.90 Å². The van der Waals surface area contributed by atoms with Crippen LogP contribution in [0.25, 0.3) is 0 Å². The fraction of sp³-hybridized carbons (Fsp3) is 0.467. The van der Waals surface area contributed by atoms with Crippen LogP contribution in [0.2, 0.25) is 5.02 Å². The van der Waals surface area contributed by atoms with Gasteiger partial charge in [-0.05, 0) is 30.4 Å². The first-order valence-electron chi connectivity index (χ1n) is 7.22. The molecule has 1 N–H and O–H groups in total. The first-order chi connectivity index (χ1) is 10.8. The van der Waals surface area contributed by atoms with E-state index in [1.807, 2.05) is 0 Å². The SMILES string of the molecule is O=C1C(=S)NCC(C2CC2)N1Cc1cccc(C(F)(F)F)c1Cl. The second-order valence-electron chi connectivity index (χ2n) is 5.82. The highest BCUT2D eigenvalue weighted by molar-refractivity contribution is 7.82. The summed E-state index contributed by atoms with van der Waals surface area (Å²) in [5, 5.41) is 2.54. The predicted octanol–water partition coefficient (Wildman–Crippen LogP) is 3.40. The summed E-state index contributed by atoms with van der Waals surface area (Å²) >= 11 is 10.9. The van der Waals surface area contributed by atoms with E-state index in [0.717, 1.165) is 18.9 Å². The molecule has 8 heteroatoms. The summed E-state index contributed by atoms with van der Waals surface area (Å²) in [5.74, 6) is 0.0238. The Hall–Kier alpha value is -1.34. The molecule has 0 aromatic heterocycles. The fourth-order valence-electron chi connectivity index (χ4n) is 2.86. The molecule has 1 amide bonds. The Morgan fingerprint density at radius 2 is 2.04 bits per heavy atom. The van der Waals surface area contributed by atoms with Crippen molar-refractivity contribution < 1.29 is 18.0 Å². The van der Waals surface area contributed by atoms with Crippen molar-refractivity contribution in [1.29, 1.82) is 0 Å². The lowest BCUT2D eigenvalue weighted by Gasteiger charge is -2.37. The van der Waals surface area contributed by atoms with Crippen LogP contribution in [-0.2, 0) is 17.5 Å². The van der Waals surface area contributed by atoms with E-state index in [9.17, 15) is 18.0 Å². The van der Waals surface area contributed by atoms with Crippen molar-refractivity contribution in [1.82, 2.24) is 10.2 Å². The number of piperazine rings is 1. The van der Waals surface area contributed by atoms with E-state index in [0.29, 0.717) is 12.5 Å². The van der Waals surface area contributed by atoms with Crippen LogP contribution in [0.5, 0.6) is 0 Å². The minimum absolute atomic E-state index is 0.0323. The minimum atomic E-state index is -4.52. The minimum Gasteiger partial charge on any atom is -0.370 e. The average molecular weight is 363 g/mol. The number of hydrogen-bond donors (Lipinski definition) is 1. The molecule has 1 heterocycles. The molecule has 2 aliphatic rings. The van der Waals surface area contributed by atoms with Crippen molar-refractivity contribution in [3.8, 4) is 0 Å². The summed E-state index contributed by atoms with van der Waals surface area (Å²) in [7, 11) is 0. The Labute approximate surface area is 141 Å². The number of benzene rings is 1. The van der Waals surface area contributed by atoms with E-state index in [-0.39, 0.29) is 34.1 Å². The number of rotatable bonds is 3. The molecule has 2 fully saturated rings. The predicted molar refractivity (Wildman–Crippen MR) is 84.1 cm³/mol. The van der Waals surface area contributed by atoms with Crippen LogP contribution in [-0.4, -0.2) is 28.4 Å². The Morgan fingerprint density at radius 3 is 2.65 bits per heavy atom. The zero-order chi connectivity index (χ0) is 16.8. The molecule has 1 aliphatic carbocycles. The van der Waals surface area contributed by atoms with Gasteiger partial charge in [-0.1, -0.05) is 36.0 Å². The van der Waals surface area contributed by atoms with Gasteiger partial charge in [-0.2, -0.15) is 13.2 Å².